The number of aromatic nitrogens is 1. The highest BCUT2D eigenvalue weighted by atomic mass is 32.2. The van der Waals surface area contributed by atoms with Crippen molar-refractivity contribution >= 4 is 22.5 Å². The molecule has 0 saturated heterocycles. The maximum atomic E-state index is 9.13. The minimum atomic E-state index is 0.119. The standard InChI is InChI=1S/C13H13NO3S/c1-8(6-15)18-13-10-5-12-11(16-7-17-12)4-9(10)2-3-14-13/h2-5,8,15H,6-7H2,1H3. The fraction of sp³-hybridized carbons (Fsp3) is 0.308. The third kappa shape index (κ3) is 2.00. The van der Waals surface area contributed by atoms with E-state index in [9.17, 15) is 0 Å². The number of thioether (sulfide) groups is 1. The Morgan fingerprint density at radius 3 is 2.94 bits per heavy atom. The van der Waals surface area contributed by atoms with E-state index in [2.05, 4.69) is 4.98 Å². The summed E-state index contributed by atoms with van der Waals surface area (Å²) in [5.74, 6) is 1.54. The number of pyridine rings is 1. The third-order valence-corrected chi connectivity index (χ3v) is 3.89. The zero-order valence-electron chi connectivity index (χ0n) is 9.92. The summed E-state index contributed by atoms with van der Waals surface area (Å²) in [6.07, 6.45) is 1.77. The van der Waals surface area contributed by atoms with Crippen LogP contribution in [0.25, 0.3) is 10.8 Å². The van der Waals surface area contributed by atoms with Crippen LogP contribution in [0.3, 0.4) is 0 Å². The summed E-state index contributed by atoms with van der Waals surface area (Å²) in [6, 6.07) is 5.87. The predicted octanol–water partition coefficient (Wildman–Crippen LogP) is 2.44. The molecule has 1 unspecified atom stereocenters. The van der Waals surface area contributed by atoms with Gasteiger partial charge in [0, 0.05) is 16.8 Å². The van der Waals surface area contributed by atoms with Gasteiger partial charge in [-0.2, -0.15) is 0 Å². The van der Waals surface area contributed by atoms with Crippen LogP contribution in [0.15, 0.2) is 29.4 Å². The van der Waals surface area contributed by atoms with Gasteiger partial charge in [0.2, 0.25) is 6.79 Å². The van der Waals surface area contributed by atoms with Crippen LogP contribution in [0.5, 0.6) is 11.5 Å². The minimum absolute atomic E-state index is 0.119. The van der Waals surface area contributed by atoms with Crippen LogP contribution in [0.1, 0.15) is 6.92 Å². The van der Waals surface area contributed by atoms with E-state index in [-0.39, 0.29) is 18.6 Å². The predicted molar refractivity (Wildman–Crippen MR) is 70.3 cm³/mol. The van der Waals surface area contributed by atoms with Gasteiger partial charge in [-0.25, -0.2) is 4.98 Å². The molecule has 1 N–H and O–H groups in total. The number of ether oxygens (including phenoxy) is 2. The summed E-state index contributed by atoms with van der Waals surface area (Å²) in [7, 11) is 0. The lowest BCUT2D eigenvalue weighted by Gasteiger charge is -2.09. The topological polar surface area (TPSA) is 51.6 Å². The van der Waals surface area contributed by atoms with Crippen LogP contribution >= 0.6 is 11.8 Å². The summed E-state index contributed by atoms with van der Waals surface area (Å²) in [4.78, 5) is 4.38. The maximum Gasteiger partial charge on any atom is 0.231 e. The highest BCUT2D eigenvalue weighted by Gasteiger charge is 2.16. The molecule has 0 fully saturated rings. The second kappa shape index (κ2) is 4.66. The van der Waals surface area contributed by atoms with Gasteiger partial charge < -0.3 is 14.6 Å². The second-order valence-electron chi connectivity index (χ2n) is 4.15. The van der Waals surface area contributed by atoms with Gasteiger partial charge in [-0.3, -0.25) is 0 Å². The zero-order chi connectivity index (χ0) is 12.5. The van der Waals surface area contributed by atoms with E-state index in [1.54, 1.807) is 18.0 Å². The molecule has 0 amide bonds. The summed E-state index contributed by atoms with van der Waals surface area (Å²) in [6.45, 7) is 2.38. The highest BCUT2D eigenvalue weighted by Crippen LogP contribution is 2.39. The maximum absolute atomic E-state index is 9.13. The Labute approximate surface area is 109 Å². The second-order valence-corrected chi connectivity index (χ2v) is 5.58. The molecular formula is C13H13NO3S. The highest BCUT2D eigenvalue weighted by molar-refractivity contribution is 8.00. The molecule has 5 heteroatoms. The van der Waals surface area contributed by atoms with E-state index >= 15 is 0 Å². The average Bonchev–Trinajstić information content (AvgIpc) is 2.83. The first-order valence-corrected chi connectivity index (χ1v) is 6.62. The van der Waals surface area contributed by atoms with Crippen molar-refractivity contribution in [1.82, 2.24) is 4.98 Å². The van der Waals surface area contributed by atoms with Gasteiger partial charge >= 0.3 is 0 Å². The first kappa shape index (κ1) is 11.6. The number of hydrogen-bond donors (Lipinski definition) is 1. The van der Waals surface area contributed by atoms with Gasteiger partial charge in [0.05, 0.1) is 6.61 Å². The van der Waals surface area contributed by atoms with E-state index < -0.39 is 0 Å². The lowest BCUT2D eigenvalue weighted by Crippen LogP contribution is -2.02. The van der Waals surface area contributed by atoms with Crippen molar-refractivity contribution in [1.29, 1.82) is 0 Å². The number of nitrogens with zero attached hydrogens (tertiary/aromatic N) is 1. The average molecular weight is 263 g/mol. The summed E-state index contributed by atoms with van der Waals surface area (Å²) in [5, 5.41) is 12.3. The van der Waals surface area contributed by atoms with E-state index in [0.717, 1.165) is 27.3 Å². The number of rotatable bonds is 3. The van der Waals surface area contributed by atoms with Gasteiger partial charge in [0.1, 0.15) is 5.03 Å². The first-order valence-electron chi connectivity index (χ1n) is 5.74. The molecule has 2 aromatic rings. The van der Waals surface area contributed by atoms with Crippen LogP contribution < -0.4 is 9.47 Å². The molecular weight excluding hydrogens is 250 g/mol. The Hall–Kier alpha value is -1.46. The summed E-state index contributed by atoms with van der Waals surface area (Å²) < 4.78 is 10.7. The number of benzene rings is 1. The summed E-state index contributed by atoms with van der Waals surface area (Å²) >= 11 is 1.56. The molecule has 4 nitrogen and oxygen atoms in total. The SMILES string of the molecule is CC(CO)Sc1nccc2cc3c(cc12)OCO3. The summed E-state index contributed by atoms with van der Waals surface area (Å²) in [5.41, 5.74) is 0. The van der Waals surface area contributed by atoms with Crippen LogP contribution in [0.2, 0.25) is 0 Å². The lowest BCUT2D eigenvalue weighted by molar-refractivity contribution is 0.174. The molecule has 94 valence electrons. The van der Waals surface area contributed by atoms with Crippen molar-refractivity contribution in [3.63, 3.8) is 0 Å². The van der Waals surface area contributed by atoms with Gasteiger partial charge in [-0.1, -0.05) is 6.92 Å². The van der Waals surface area contributed by atoms with Crippen LogP contribution in [0.4, 0.5) is 0 Å². The largest absolute Gasteiger partial charge is 0.454 e. The molecule has 0 bridgehead atoms. The zero-order valence-corrected chi connectivity index (χ0v) is 10.7. The number of hydrogen-bond acceptors (Lipinski definition) is 5. The van der Waals surface area contributed by atoms with E-state index in [0.29, 0.717) is 0 Å². The normalized spacial score (nSPS) is 15.0. The van der Waals surface area contributed by atoms with Crippen molar-refractivity contribution in [3.8, 4) is 11.5 Å². The Bertz CT molecular complexity index is 588. The Kier molecular flexibility index (Phi) is 3.01. The Morgan fingerprint density at radius 1 is 1.39 bits per heavy atom. The Balaban J connectivity index is 2.09. The van der Waals surface area contributed by atoms with Crippen molar-refractivity contribution in [2.45, 2.75) is 17.2 Å². The number of fused-ring (bicyclic) bond motifs is 2. The van der Waals surface area contributed by atoms with Gasteiger partial charge in [0.15, 0.2) is 11.5 Å². The molecule has 0 aliphatic carbocycles. The quantitative estimate of drug-likeness (QED) is 0.862. The van der Waals surface area contributed by atoms with Crippen LogP contribution in [-0.4, -0.2) is 28.7 Å². The number of aliphatic hydroxyl groups excluding tert-OH is 1. The van der Waals surface area contributed by atoms with Crippen molar-refractivity contribution < 1.29 is 14.6 Å². The van der Waals surface area contributed by atoms with Gasteiger partial charge in [-0.15, -0.1) is 11.8 Å². The Morgan fingerprint density at radius 2 is 2.17 bits per heavy atom. The fourth-order valence-electron chi connectivity index (χ4n) is 1.86. The van der Waals surface area contributed by atoms with Crippen molar-refractivity contribution in [2.75, 3.05) is 13.4 Å². The molecule has 0 spiro atoms. The van der Waals surface area contributed by atoms with Gasteiger partial charge in [-0.05, 0) is 23.6 Å². The molecule has 1 aromatic carbocycles. The molecule has 1 aliphatic rings. The van der Waals surface area contributed by atoms with Crippen LogP contribution in [-0.2, 0) is 0 Å². The molecule has 1 atom stereocenters. The molecule has 0 saturated carbocycles. The van der Waals surface area contributed by atoms with E-state index in [1.165, 1.54) is 0 Å². The third-order valence-electron chi connectivity index (χ3n) is 2.79. The van der Waals surface area contributed by atoms with Crippen molar-refractivity contribution in [2.24, 2.45) is 0 Å². The minimum Gasteiger partial charge on any atom is -0.454 e. The van der Waals surface area contributed by atoms with E-state index in [4.69, 9.17) is 14.6 Å². The molecule has 3 rings (SSSR count). The first-order chi connectivity index (χ1) is 8.78. The molecule has 1 aromatic heterocycles. The molecule has 2 heterocycles. The monoisotopic (exact) mass is 263 g/mol. The van der Waals surface area contributed by atoms with E-state index in [1.807, 2.05) is 25.1 Å². The lowest BCUT2D eigenvalue weighted by atomic mass is 10.1. The molecule has 0 radical (unpaired) electrons. The van der Waals surface area contributed by atoms with Crippen LogP contribution in [0, 0.1) is 0 Å². The fourth-order valence-corrected chi connectivity index (χ4v) is 2.74. The molecule has 18 heavy (non-hydrogen) atoms. The van der Waals surface area contributed by atoms with Crippen molar-refractivity contribution in [3.05, 3.63) is 24.4 Å². The number of aliphatic hydroxyl groups is 1. The smallest absolute Gasteiger partial charge is 0.231 e. The molecule has 1 aliphatic heterocycles. The van der Waals surface area contributed by atoms with Gasteiger partial charge in [0.25, 0.3) is 0 Å².